The molecule has 3 rings (SSSR count). The molecule has 0 saturated carbocycles. The molecule has 162 valence electrons. The van der Waals surface area contributed by atoms with E-state index in [-0.39, 0.29) is 11.7 Å². The molecule has 0 saturated heterocycles. The number of amides is 2. The molecule has 0 bridgehead atoms. The number of nitrogens with one attached hydrogen (secondary N) is 1. The van der Waals surface area contributed by atoms with Gasteiger partial charge in [-0.25, -0.2) is 14.5 Å². The van der Waals surface area contributed by atoms with Crippen molar-refractivity contribution in [3.63, 3.8) is 0 Å². The number of primary amides is 1. The molecule has 31 heavy (non-hydrogen) atoms. The molecular formula is C22H25N5O4. The molecule has 0 unspecified atom stereocenters. The van der Waals surface area contributed by atoms with Crippen molar-refractivity contribution in [2.75, 3.05) is 20.3 Å². The third-order valence-electron chi connectivity index (χ3n) is 4.48. The van der Waals surface area contributed by atoms with Crippen LogP contribution in [0.3, 0.4) is 0 Å². The number of benzene rings is 1. The maximum atomic E-state index is 12.6. The monoisotopic (exact) mass is 423 g/mol. The average Bonchev–Trinajstić information content (AvgIpc) is 3.21. The van der Waals surface area contributed by atoms with Crippen molar-refractivity contribution in [2.24, 2.45) is 11.7 Å². The minimum atomic E-state index is -0.591. The molecule has 2 aromatic heterocycles. The van der Waals surface area contributed by atoms with E-state index < -0.39 is 6.03 Å². The highest BCUT2D eigenvalue weighted by Gasteiger charge is 2.19. The zero-order valence-corrected chi connectivity index (χ0v) is 17.7. The molecule has 3 aromatic rings. The van der Waals surface area contributed by atoms with E-state index >= 15 is 0 Å². The molecule has 2 amide bonds. The Kier molecular flexibility index (Phi) is 6.86. The average molecular weight is 423 g/mol. The van der Waals surface area contributed by atoms with Gasteiger partial charge >= 0.3 is 6.03 Å². The predicted molar refractivity (Wildman–Crippen MR) is 116 cm³/mol. The summed E-state index contributed by atoms with van der Waals surface area (Å²) in [5.74, 6) is 0.923. The van der Waals surface area contributed by atoms with E-state index in [1.165, 1.54) is 0 Å². The van der Waals surface area contributed by atoms with Crippen LogP contribution in [0.25, 0.3) is 16.9 Å². The van der Waals surface area contributed by atoms with Gasteiger partial charge in [0.05, 0.1) is 31.2 Å². The standard InChI is InChI=1S/C22H25N5O4/c1-14(2)21(28)18-12-19(27(26-18)16-6-9-20(30-3)25-13-16)15-4-7-17(8-5-15)31-11-10-24-22(23)29/h4-9,12-14H,10-11H2,1-3H3,(H3,23,24,29). The fourth-order valence-electron chi connectivity index (χ4n) is 2.88. The third kappa shape index (κ3) is 5.39. The summed E-state index contributed by atoms with van der Waals surface area (Å²) in [4.78, 5) is 27.5. The van der Waals surface area contributed by atoms with Gasteiger partial charge in [0.1, 0.15) is 18.1 Å². The van der Waals surface area contributed by atoms with Crippen LogP contribution in [0.4, 0.5) is 4.79 Å². The smallest absolute Gasteiger partial charge is 0.312 e. The van der Waals surface area contributed by atoms with E-state index in [2.05, 4.69) is 15.4 Å². The number of nitrogens with zero attached hydrogens (tertiary/aromatic N) is 3. The van der Waals surface area contributed by atoms with Crippen LogP contribution >= 0.6 is 0 Å². The first-order valence-corrected chi connectivity index (χ1v) is 9.80. The molecule has 0 radical (unpaired) electrons. The first kappa shape index (κ1) is 21.8. The van der Waals surface area contributed by atoms with Gasteiger partial charge in [-0.05, 0) is 36.4 Å². The summed E-state index contributed by atoms with van der Waals surface area (Å²) >= 11 is 0. The molecule has 0 fully saturated rings. The number of nitrogens with two attached hydrogens (primary N) is 1. The summed E-state index contributed by atoms with van der Waals surface area (Å²) in [6.45, 7) is 4.30. The minimum Gasteiger partial charge on any atom is -0.492 e. The van der Waals surface area contributed by atoms with Gasteiger partial charge < -0.3 is 20.5 Å². The lowest BCUT2D eigenvalue weighted by Crippen LogP contribution is -2.32. The number of Topliss-reactive ketones (excluding diaryl/α,β-unsaturated/α-hetero) is 1. The topological polar surface area (TPSA) is 121 Å². The Morgan fingerprint density at radius 1 is 1.16 bits per heavy atom. The summed E-state index contributed by atoms with van der Waals surface area (Å²) in [7, 11) is 1.55. The van der Waals surface area contributed by atoms with Crippen molar-refractivity contribution in [2.45, 2.75) is 13.8 Å². The molecule has 9 heteroatoms. The highest BCUT2D eigenvalue weighted by Crippen LogP contribution is 2.27. The number of carbonyl (C=O) groups is 2. The highest BCUT2D eigenvalue weighted by molar-refractivity contribution is 5.96. The van der Waals surface area contributed by atoms with Gasteiger partial charge in [0.25, 0.3) is 0 Å². The maximum absolute atomic E-state index is 12.6. The van der Waals surface area contributed by atoms with E-state index in [0.29, 0.717) is 36.2 Å². The van der Waals surface area contributed by atoms with E-state index in [1.54, 1.807) is 30.1 Å². The van der Waals surface area contributed by atoms with Gasteiger partial charge in [0.2, 0.25) is 5.88 Å². The molecule has 0 spiro atoms. The van der Waals surface area contributed by atoms with Gasteiger partial charge in [-0.1, -0.05) is 13.8 Å². The van der Waals surface area contributed by atoms with Crippen LogP contribution < -0.4 is 20.5 Å². The molecule has 0 aliphatic heterocycles. The van der Waals surface area contributed by atoms with Gasteiger partial charge in [-0.2, -0.15) is 5.10 Å². The van der Waals surface area contributed by atoms with Gasteiger partial charge in [0.15, 0.2) is 5.78 Å². The zero-order chi connectivity index (χ0) is 22.4. The third-order valence-corrected chi connectivity index (χ3v) is 4.48. The van der Waals surface area contributed by atoms with Crippen molar-refractivity contribution >= 4 is 11.8 Å². The number of carbonyl (C=O) groups excluding carboxylic acids is 2. The van der Waals surface area contributed by atoms with Crippen LogP contribution in [-0.4, -0.2) is 46.8 Å². The number of pyridine rings is 1. The van der Waals surface area contributed by atoms with Gasteiger partial charge in [-0.3, -0.25) is 4.79 Å². The minimum absolute atomic E-state index is 0.0385. The summed E-state index contributed by atoms with van der Waals surface area (Å²) in [5, 5.41) is 7.00. The number of ether oxygens (including phenoxy) is 2. The summed E-state index contributed by atoms with van der Waals surface area (Å²) in [5.41, 5.74) is 7.72. The molecule has 2 heterocycles. The van der Waals surface area contributed by atoms with Crippen LogP contribution in [-0.2, 0) is 0 Å². The predicted octanol–water partition coefficient (Wildman–Crippen LogP) is 2.83. The van der Waals surface area contributed by atoms with Crippen LogP contribution in [0.1, 0.15) is 24.3 Å². The zero-order valence-electron chi connectivity index (χ0n) is 17.7. The van der Waals surface area contributed by atoms with Crippen LogP contribution in [0.5, 0.6) is 11.6 Å². The van der Waals surface area contributed by atoms with Crippen molar-refractivity contribution in [3.05, 3.63) is 54.4 Å². The molecule has 1 aromatic carbocycles. The SMILES string of the molecule is COc1ccc(-n2nc(C(=O)C(C)C)cc2-c2ccc(OCCNC(N)=O)cc2)cn1. The molecular weight excluding hydrogens is 398 g/mol. The highest BCUT2D eigenvalue weighted by atomic mass is 16.5. The Hall–Kier alpha value is -3.88. The first-order valence-electron chi connectivity index (χ1n) is 9.80. The molecule has 0 atom stereocenters. The Balaban J connectivity index is 1.89. The van der Waals surface area contributed by atoms with Crippen LogP contribution in [0, 0.1) is 5.92 Å². The molecule has 0 aliphatic rings. The lowest BCUT2D eigenvalue weighted by Gasteiger charge is -2.10. The van der Waals surface area contributed by atoms with E-state index in [4.69, 9.17) is 15.2 Å². The second-order valence-electron chi connectivity index (χ2n) is 7.07. The number of methoxy groups -OCH3 is 1. The number of rotatable bonds is 9. The van der Waals surface area contributed by atoms with Gasteiger partial charge in [0, 0.05) is 17.5 Å². The fourth-order valence-corrected chi connectivity index (χ4v) is 2.88. The second-order valence-corrected chi connectivity index (χ2v) is 7.07. The number of hydrogen-bond acceptors (Lipinski definition) is 6. The fraction of sp³-hybridized carbons (Fsp3) is 0.273. The Morgan fingerprint density at radius 3 is 2.48 bits per heavy atom. The van der Waals surface area contributed by atoms with Gasteiger partial charge in [-0.15, -0.1) is 0 Å². The Bertz CT molecular complexity index is 1040. The normalized spacial score (nSPS) is 10.7. The lowest BCUT2D eigenvalue weighted by atomic mass is 10.1. The van der Waals surface area contributed by atoms with E-state index in [0.717, 1.165) is 11.3 Å². The molecule has 9 nitrogen and oxygen atoms in total. The number of urea groups is 1. The summed E-state index contributed by atoms with van der Waals surface area (Å²) in [6.07, 6.45) is 1.64. The first-order chi connectivity index (χ1) is 14.9. The maximum Gasteiger partial charge on any atom is 0.312 e. The Morgan fingerprint density at radius 2 is 1.90 bits per heavy atom. The largest absolute Gasteiger partial charge is 0.492 e. The van der Waals surface area contributed by atoms with Crippen molar-refractivity contribution in [1.29, 1.82) is 0 Å². The summed E-state index contributed by atoms with van der Waals surface area (Å²) in [6, 6.07) is 12.1. The van der Waals surface area contributed by atoms with E-state index in [9.17, 15) is 9.59 Å². The Labute approximate surface area is 180 Å². The lowest BCUT2D eigenvalue weighted by molar-refractivity contribution is 0.0934. The second kappa shape index (κ2) is 9.75. The number of ketones is 1. The van der Waals surface area contributed by atoms with Crippen molar-refractivity contribution < 1.29 is 19.1 Å². The number of aromatic nitrogens is 3. The number of hydrogen-bond donors (Lipinski definition) is 2. The summed E-state index contributed by atoms with van der Waals surface area (Å²) < 4.78 is 12.4. The van der Waals surface area contributed by atoms with Crippen molar-refractivity contribution in [3.8, 4) is 28.6 Å². The van der Waals surface area contributed by atoms with Crippen LogP contribution in [0.2, 0.25) is 0 Å². The van der Waals surface area contributed by atoms with E-state index in [1.807, 2.05) is 44.2 Å². The quantitative estimate of drug-likeness (QED) is 0.403. The van der Waals surface area contributed by atoms with Crippen molar-refractivity contribution in [1.82, 2.24) is 20.1 Å². The molecule has 0 aliphatic carbocycles. The molecule has 3 N–H and O–H groups in total. The van der Waals surface area contributed by atoms with Crippen LogP contribution in [0.15, 0.2) is 48.7 Å².